The number of fused-ring (bicyclic) bond motifs is 4. The van der Waals surface area contributed by atoms with Crippen LogP contribution in [0.2, 0.25) is 0 Å². The van der Waals surface area contributed by atoms with Crippen LogP contribution < -0.4 is 0 Å². The number of ketones is 1. The van der Waals surface area contributed by atoms with Gasteiger partial charge in [-0.2, -0.15) is 13.2 Å². The van der Waals surface area contributed by atoms with Gasteiger partial charge in [-0.25, -0.2) is 0 Å². The molecule has 1 N–H and O–H groups in total. The molecule has 2 heterocycles. The zero-order chi connectivity index (χ0) is 40.6. The van der Waals surface area contributed by atoms with Crippen LogP contribution >= 0.6 is 0 Å². The van der Waals surface area contributed by atoms with Gasteiger partial charge in [0.15, 0.2) is 5.78 Å². The minimum Gasteiger partial charge on any atom is -0.512 e. The number of carbonyl (C=O) groups excluding carboxylic acids is 1. The van der Waals surface area contributed by atoms with Gasteiger partial charge < -0.3 is 5.11 Å². The molecule has 0 aliphatic heterocycles. The molecule has 8 heteroatoms. The van der Waals surface area contributed by atoms with E-state index >= 15 is 0 Å². The number of rotatable bonds is 10. The van der Waals surface area contributed by atoms with E-state index in [-0.39, 0.29) is 52.9 Å². The second kappa shape index (κ2) is 17.6. The first kappa shape index (κ1) is 34.3. The zero-order valence-corrected chi connectivity index (χ0v) is 34.0. The Morgan fingerprint density at radius 1 is 0.980 bits per heavy atom. The second-order valence-corrected chi connectivity index (χ2v) is 15.6. The topological polar surface area (TPSA) is 50.2 Å². The zero-order valence-electron chi connectivity index (χ0n) is 34.9. The summed E-state index contributed by atoms with van der Waals surface area (Å²) in [5.74, 6) is -7.24. The summed E-state index contributed by atoms with van der Waals surface area (Å²) in [5.41, 5.74) is 5.16. The first-order valence-corrected chi connectivity index (χ1v) is 18.5. The molecule has 1 radical (unpaired) electrons. The number of nitrogens with zero attached hydrogens (tertiary/aromatic N) is 1. The first-order chi connectivity index (χ1) is 25.0. The Bertz CT molecular complexity index is 2190. The summed E-state index contributed by atoms with van der Waals surface area (Å²) in [6.07, 6.45) is -7.43. The number of pyridine rings is 1. The van der Waals surface area contributed by atoms with Crippen molar-refractivity contribution in [3.63, 3.8) is 0 Å². The fourth-order valence-electron chi connectivity index (χ4n) is 5.88. The minimum atomic E-state index is -5.48. The molecule has 5 rings (SSSR count). The predicted molar refractivity (Wildman–Crippen MR) is 199 cm³/mol. The van der Waals surface area contributed by atoms with Crippen molar-refractivity contribution in [2.75, 3.05) is 0 Å². The Morgan fingerprint density at radius 2 is 1.60 bits per heavy atom. The summed E-state index contributed by atoms with van der Waals surface area (Å²) in [6.45, 7) is 15.5. The number of aromatic nitrogens is 1. The number of alkyl halides is 3. The van der Waals surface area contributed by atoms with E-state index < -0.39 is 48.4 Å². The molecule has 2 aromatic heterocycles. The number of aliphatic hydroxyl groups is 1. The van der Waals surface area contributed by atoms with Crippen molar-refractivity contribution in [1.29, 1.82) is 0 Å². The summed E-state index contributed by atoms with van der Waals surface area (Å²) >= 11 is 0.265. The summed E-state index contributed by atoms with van der Waals surface area (Å²) in [5, 5.41) is 15.2. The predicted octanol–water partition coefficient (Wildman–Crippen LogP) is 12.0. The molecule has 0 fully saturated rings. The van der Waals surface area contributed by atoms with Crippen LogP contribution in [0.3, 0.4) is 0 Å². The number of carbonyl (C=O) groups is 1. The van der Waals surface area contributed by atoms with Gasteiger partial charge >= 0.3 is 197 Å². The van der Waals surface area contributed by atoms with E-state index in [0.29, 0.717) is 5.92 Å². The molecule has 0 aliphatic carbocycles. The maximum absolute atomic E-state index is 12.9. The van der Waals surface area contributed by atoms with Gasteiger partial charge in [-0.1, -0.05) is 20.8 Å². The molecule has 1 atom stereocenters. The molecule has 3 aromatic carbocycles. The quantitative estimate of drug-likeness (QED) is 0.0657. The van der Waals surface area contributed by atoms with Crippen molar-refractivity contribution in [2.24, 2.45) is 17.7 Å². The number of allylic oxidation sites excluding steroid dienone is 2. The number of halogens is 3. The maximum atomic E-state index is 12.9. The van der Waals surface area contributed by atoms with Gasteiger partial charge in [0.2, 0.25) is 0 Å². The number of benzene rings is 3. The Hall–Kier alpha value is -2.76. The molecule has 0 spiro atoms. The van der Waals surface area contributed by atoms with Gasteiger partial charge in [0.05, 0.1) is 13.5 Å². The Morgan fingerprint density at radius 3 is 2.20 bits per heavy atom. The van der Waals surface area contributed by atoms with Gasteiger partial charge in [0.25, 0.3) is 0 Å². The largest absolute Gasteiger partial charge is 0.512 e. The second-order valence-electron chi connectivity index (χ2n) is 13.5. The van der Waals surface area contributed by atoms with Crippen molar-refractivity contribution in [1.82, 2.24) is 4.98 Å². The van der Waals surface area contributed by atoms with Crippen molar-refractivity contribution in [3.05, 3.63) is 89.8 Å². The third kappa shape index (κ3) is 10.2. The van der Waals surface area contributed by atoms with Crippen LogP contribution in [-0.2, 0) is 36.7 Å². The van der Waals surface area contributed by atoms with Crippen molar-refractivity contribution >= 4 is 50.4 Å². The average molecular weight is 933 g/mol. The molecule has 1 unspecified atom stereocenters. The standard InChI is InChI=1S/C29H28NSe.C13H21F3O2.Ir/c1-18(2)15-20-10-8-12-23-24-13-14-30-26(28(24)31-27(20)23)21-16-19-9-6-7-11-22(19)25(17-21)29(3,4)5;1-4-9(5-2)11(17)7-12(18)10(6-3)8-13(14,15)16;/h6-14,17-18H,15H2,1-5H3;7,9-10,18H,4-6,8H2,1-3H3;/q-1;;/b;12-7-;/i;7D,8D2,9D,10D;. The molecule has 0 saturated heterocycles. The average Bonchev–Trinajstić information content (AvgIpc) is 3.52. The van der Waals surface area contributed by atoms with Crippen molar-refractivity contribution < 1.29 is 50.0 Å². The van der Waals surface area contributed by atoms with Gasteiger partial charge in [-0.05, 0) is 19.3 Å². The molecular formula is C42H49F3IrNO2Se-. The number of hydrogen-bond donors (Lipinski definition) is 1. The molecule has 5 aromatic rings. The third-order valence-corrected chi connectivity index (χ3v) is 11.0. The van der Waals surface area contributed by atoms with Gasteiger partial charge in [-0.3, -0.25) is 4.79 Å². The van der Waals surface area contributed by atoms with E-state index in [9.17, 15) is 23.1 Å². The molecule has 3 nitrogen and oxygen atoms in total. The van der Waals surface area contributed by atoms with E-state index in [1.54, 1.807) is 4.26 Å². The van der Waals surface area contributed by atoms with Crippen molar-refractivity contribution in [3.8, 4) is 11.3 Å². The normalized spacial score (nSPS) is 15.9. The summed E-state index contributed by atoms with van der Waals surface area (Å²) < 4.78 is 79.2. The smallest absolute Gasteiger partial charge is 0.389 e. The summed E-state index contributed by atoms with van der Waals surface area (Å²) in [7, 11) is 0. The Kier molecular flexibility index (Phi) is 12.1. The maximum Gasteiger partial charge on any atom is 0.389 e. The van der Waals surface area contributed by atoms with E-state index in [0.717, 1.165) is 24.6 Å². The summed E-state index contributed by atoms with van der Waals surface area (Å²) in [6, 6.07) is 22.4. The van der Waals surface area contributed by atoms with Crippen LogP contribution in [0.1, 0.15) is 99.0 Å². The molecule has 0 bridgehead atoms. The molecule has 0 amide bonds. The Balaban J connectivity index is 0.000000306. The number of hydrogen-bond acceptors (Lipinski definition) is 3. The van der Waals surface area contributed by atoms with Crippen LogP contribution in [0.4, 0.5) is 13.2 Å². The van der Waals surface area contributed by atoms with Gasteiger partial charge in [0, 0.05) is 43.4 Å². The summed E-state index contributed by atoms with van der Waals surface area (Å²) in [4.78, 5) is 17.0. The molecule has 0 saturated carbocycles. The molecular weight excluding hydrogens is 879 g/mol. The fraction of sp³-hybridized carbons (Fsp3) is 0.429. The van der Waals surface area contributed by atoms with E-state index in [1.807, 2.05) is 6.20 Å². The monoisotopic (exact) mass is 934 g/mol. The Labute approximate surface area is 321 Å². The fourth-order valence-corrected chi connectivity index (χ4v) is 8.66. The van der Waals surface area contributed by atoms with E-state index in [1.165, 1.54) is 50.8 Å². The van der Waals surface area contributed by atoms with Crippen molar-refractivity contribution in [2.45, 2.75) is 99.0 Å². The van der Waals surface area contributed by atoms with Gasteiger partial charge in [-0.15, -0.1) is 0 Å². The third-order valence-electron chi connectivity index (χ3n) is 8.30. The van der Waals surface area contributed by atoms with Crippen LogP contribution in [0.15, 0.2) is 72.6 Å². The van der Waals surface area contributed by atoms with Gasteiger partial charge in [0.1, 0.15) is 0 Å². The van der Waals surface area contributed by atoms with Crippen LogP contribution in [-0.4, -0.2) is 36.6 Å². The SMILES string of the molecule is CC(C)Cc1cccc2c1[se]c1c(-c3[c-]c4ccccc4c(C(C)(C)C)c3)nccc12.[2H]/C(C(=O)C([2H])(CC)CC)=C(/O)C([2H])(CC)C([2H])([2H])C(F)(F)F.[Ir]. The number of aliphatic hydroxyl groups excluding tert-OH is 1. The van der Waals surface area contributed by atoms with E-state index in [2.05, 4.69) is 95.3 Å². The van der Waals surface area contributed by atoms with Crippen LogP contribution in [0, 0.1) is 23.8 Å². The van der Waals surface area contributed by atoms with Crippen LogP contribution in [0.5, 0.6) is 0 Å². The minimum absolute atomic E-state index is 0. The molecule has 50 heavy (non-hydrogen) atoms. The first-order valence-electron chi connectivity index (χ1n) is 19.3. The molecule has 271 valence electrons. The molecule has 0 aliphatic rings. The van der Waals surface area contributed by atoms with E-state index in [4.69, 9.17) is 11.8 Å². The van der Waals surface area contributed by atoms with Crippen LogP contribution in [0.25, 0.3) is 41.3 Å².